The molecule has 4 rings (SSSR count). The van der Waals surface area contributed by atoms with Gasteiger partial charge in [0.05, 0.1) is 36.4 Å². The maximum atomic E-state index is 13.4. The van der Waals surface area contributed by atoms with E-state index in [0.717, 1.165) is 60.2 Å². The molecule has 5 nitrogen and oxygen atoms in total. The van der Waals surface area contributed by atoms with Crippen molar-refractivity contribution in [2.24, 2.45) is 0 Å². The Morgan fingerprint density at radius 2 is 1.97 bits per heavy atom. The first-order chi connectivity index (χ1) is 14.6. The van der Waals surface area contributed by atoms with Crippen LogP contribution >= 0.6 is 11.3 Å². The molecule has 0 bridgehead atoms. The van der Waals surface area contributed by atoms with Crippen LogP contribution in [0.25, 0.3) is 10.2 Å². The zero-order valence-corrected chi connectivity index (χ0v) is 18.6. The van der Waals surface area contributed by atoms with Gasteiger partial charge < -0.3 is 9.64 Å². The number of quaternary nitrogens is 1. The van der Waals surface area contributed by atoms with Crippen molar-refractivity contribution in [2.45, 2.75) is 26.7 Å². The molecule has 1 aliphatic rings. The molecule has 0 saturated carbocycles. The van der Waals surface area contributed by atoms with Crippen LogP contribution in [0.2, 0.25) is 0 Å². The van der Waals surface area contributed by atoms with Crippen LogP contribution in [0.1, 0.15) is 23.1 Å². The van der Waals surface area contributed by atoms with E-state index in [1.54, 1.807) is 16.2 Å². The van der Waals surface area contributed by atoms with Crippen LogP contribution in [0, 0.1) is 13.8 Å². The number of hydrogen-bond acceptors (Lipinski definition) is 4. The summed E-state index contributed by atoms with van der Waals surface area (Å²) in [7, 11) is 0. The number of fused-ring (bicyclic) bond motifs is 1. The fourth-order valence-electron chi connectivity index (χ4n) is 4.00. The number of amides is 1. The number of thiazole rings is 1. The van der Waals surface area contributed by atoms with Crippen molar-refractivity contribution < 1.29 is 14.4 Å². The average Bonchev–Trinajstić information content (AvgIpc) is 3.17. The zero-order valence-electron chi connectivity index (χ0n) is 17.8. The number of aromatic nitrogens is 1. The van der Waals surface area contributed by atoms with E-state index < -0.39 is 0 Å². The third-order valence-electron chi connectivity index (χ3n) is 5.77. The number of benzene rings is 2. The van der Waals surface area contributed by atoms with Gasteiger partial charge in [-0.05, 0) is 37.1 Å². The van der Waals surface area contributed by atoms with Gasteiger partial charge >= 0.3 is 0 Å². The minimum atomic E-state index is 0.123. The predicted molar refractivity (Wildman–Crippen MR) is 123 cm³/mol. The molecule has 2 aromatic carbocycles. The summed E-state index contributed by atoms with van der Waals surface area (Å²) in [6, 6.07) is 14.4. The Kier molecular flexibility index (Phi) is 6.77. The molecule has 1 N–H and O–H groups in total. The Labute approximate surface area is 182 Å². The van der Waals surface area contributed by atoms with Crippen molar-refractivity contribution in [3.63, 3.8) is 0 Å². The van der Waals surface area contributed by atoms with Crippen LogP contribution in [0.3, 0.4) is 0 Å². The zero-order chi connectivity index (χ0) is 20.9. The highest BCUT2D eigenvalue weighted by atomic mass is 32.1. The topological polar surface area (TPSA) is 46.9 Å². The van der Waals surface area contributed by atoms with Crippen LogP contribution in [0.5, 0.6) is 0 Å². The molecule has 30 heavy (non-hydrogen) atoms. The second-order valence-corrected chi connectivity index (χ2v) is 9.09. The van der Waals surface area contributed by atoms with Crippen molar-refractivity contribution in [2.75, 3.05) is 44.3 Å². The van der Waals surface area contributed by atoms with Gasteiger partial charge in [0.1, 0.15) is 13.1 Å². The molecular formula is C24H30N3O2S+. The second kappa shape index (κ2) is 9.69. The van der Waals surface area contributed by atoms with Gasteiger partial charge in [0.25, 0.3) is 0 Å². The van der Waals surface area contributed by atoms with Crippen LogP contribution in [0.15, 0.2) is 42.5 Å². The molecule has 0 aliphatic carbocycles. The molecule has 2 heterocycles. The molecule has 158 valence electrons. The Hall–Kier alpha value is -2.28. The van der Waals surface area contributed by atoms with Gasteiger partial charge in [-0.25, -0.2) is 4.98 Å². The number of carbonyl (C=O) groups is 1. The van der Waals surface area contributed by atoms with Crippen LogP contribution in [-0.2, 0) is 16.0 Å². The number of anilines is 1. The molecule has 3 aromatic rings. The number of morpholine rings is 1. The van der Waals surface area contributed by atoms with Gasteiger partial charge in [-0.1, -0.05) is 47.2 Å². The number of rotatable bonds is 7. The highest BCUT2D eigenvalue weighted by molar-refractivity contribution is 7.22. The lowest BCUT2D eigenvalue weighted by Gasteiger charge is -2.25. The molecule has 0 spiro atoms. The third kappa shape index (κ3) is 5.06. The van der Waals surface area contributed by atoms with Gasteiger partial charge in [0, 0.05) is 13.0 Å². The average molecular weight is 425 g/mol. The maximum absolute atomic E-state index is 13.4. The molecule has 6 heteroatoms. The molecule has 1 saturated heterocycles. The van der Waals surface area contributed by atoms with E-state index >= 15 is 0 Å². The molecule has 1 fully saturated rings. The lowest BCUT2D eigenvalue weighted by molar-refractivity contribution is -0.908. The van der Waals surface area contributed by atoms with Gasteiger partial charge in [0.2, 0.25) is 5.91 Å². The van der Waals surface area contributed by atoms with Crippen LogP contribution < -0.4 is 9.80 Å². The maximum Gasteiger partial charge on any atom is 0.233 e. The van der Waals surface area contributed by atoms with Gasteiger partial charge in [-0.3, -0.25) is 9.69 Å². The lowest BCUT2D eigenvalue weighted by atomic mass is 10.0. The van der Waals surface area contributed by atoms with Crippen LogP contribution in [0.4, 0.5) is 5.13 Å². The normalized spacial score (nSPS) is 14.9. The highest BCUT2D eigenvalue weighted by Crippen LogP contribution is 2.29. The van der Waals surface area contributed by atoms with E-state index in [1.165, 1.54) is 11.1 Å². The first kappa shape index (κ1) is 21.0. The third-order valence-corrected chi connectivity index (χ3v) is 6.83. The number of aryl methyl sites for hydroxylation is 2. The first-order valence-electron chi connectivity index (χ1n) is 10.7. The summed E-state index contributed by atoms with van der Waals surface area (Å²) < 4.78 is 6.58. The fourth-order valence-corrected chi connectivity index (χ4v) is 5.01. The summed E-state index contributed by atoms with van der Waals surface area (Å²) in [5.41, 5.74) is 4.45. The van der Waals surface area contributed by atoms with Crippen molar-refractivity contribution in [3.05, 3.63) is 59.2 Å². The van der Waals surface area contributed by atoms with E-state index in [9.17, 15) is 4.79 Å². The number of nitrogens with one attached hydrogen (secondary N) is 1. The molecule has 0 radical (unpaired) electrons. The molecule has 1 aromatic heterocycles. The minimum absolute atomic E-state index is 0.123. The fraction of sp³-hybridized carbons (Fsp3) is 0.417. The first-order valence-corrected chi connectivity index (χ1v) is 11.6. The number of carbonyl (C=O) groups excluding carboxylic acids is 1. The largest absolute Gasteiger partial charge is 0.370 e. The summed E-state index contributed by atoms with van der Waals surface area (Å²) in [5.74, 6) is 0.123. The summed E-state index contributed by atoms with van der Waals surface area (Å²) in [5, 5.41) is 0.808. The monoisotopic (exact) mass is 424 g/mol. The Morgan fingerprint density at radius 3 is 2.73 bits per heavy atom. The van der Waals surface area contributed by atoms with Gasteiger partial charge in [0.15, 0.2) is 5.13 Å². The smallest absolute Gasteiger partial charge is 0.233 e. The van der Waals surface area contributed by atoms with Crippen molar-refractivity contribution >= 4 is 32.6 Å². The van der Waals surface area contributed by atoms with Gasteiger partial charge in [-0.2, -0.15) is 0 Å². The van der Waals surface area contributed by atoms with E-state index in [-0.39, 0.29) is 5.91 Å². The number of para-hydroxylation sites is 1. The molecular weight excluding hydrogens is 394 g/mol. The Bertz CT molecular complexity index is 978. The van der Waals surface area contributed by atoms with Crippen molar-refractivity contribution in [3.8, 4) is 0 Å². The summed E-state index contributed by atoms with van der Waals surface area (Å²) >= 11 is 1.60. The van der Waals surface area contributed by atoms with Gasteiger partial charge in [-0.15, -0.1) is 0 Å². The quantitative estimate of drug-likeness (QED) is 0.635. The lowest BCUT2D eigenvalue weighted by Crippen LogP contribution is -3.14. The molecule has 0 atom stereocenters. The molecule has 0 unspecified atom stereocenters. The second-order valence-electron chi connectivity index (χ2n) is 8.08. The minimum Gasteiger partial charge on any atom is -0.370 e. The van der Waals surface area contributed by atoms with Crippen molar-refractivity contribution in [1.82, 2.24) is 4.98 Å². The Morgan fingerprint density at radius 1 is 1.17 bits per heavy atom. The van der Waals surface area contributed by atoms with E-state index in [4.69, 9.17) is 9.72 Å². The number of ether oxygens (including phenoxy) is 1. The summed E-state index contributed by atoms with van der Waals surface area (Å²) in [6.07, 6.45) is 1.37. The number of nitrogens with zero attached hydrogens (tertiary/aromatic N) is 2. The van der Waals surface area contributed by atoms with E-state index in [0.29, 0.717) is 13.0 Å². The van der Waals surface area contributed by atoms with Crippen molar-refractivity contribution in [1.29, 1.82) is 0 Å². The van der Waals surface area contributed by atoms with E-state index in [1.807, 2.05) is 23.1 Å². The van der Waals surface area contributed by atoms with Crippen LogP contribution in [-0.4, -0.2) is 50.3 Å². The highest BCUT2D eigenvalue weighted by Gasteiger charge is 2.22. The molecule has 1 amide bonds. The standard InChI is InChI=1S/C24H29N3O2S/c1-18-8-9-20(19(2)16-18)17-23(28)27(11-5-10-26-12-14-29-15-13-26)24-25-21-6-3-4-7-22(21)30-24/h3-4,6-9,16H,5,10-15,17H2,1-2H3/p+1. The van der Waals surface area contributed by atoms with E-state index in [2.05, 4.69) is 38.1 Å². The summed E-state index contributed by atoms with van der Waals surface area (Å²) in [4.78, 5) is 21.6. The molecule has 1 aliphatic heterocycles. The number of hydrogen-bond donors (Lipinski definition) is 1. The predicted octanol–water partition coefficient (Wildman–Crippen LogP) is 2.79. The summed E-state index contributed by atoms with van der Waals surface area (Å²) in [6.45, 7) is 9.70. The Balaban J connectivity index is 1.51. The SMILES string of the molecule is Cc1ccc(CC(=O)N(CCC[NH+]2CCOCC2)c2nc3ccccc3s2)c(C)c1.